The van der Waals surface area contributed by atoms with Gasteiger partial charge in [-0.15, -0.1) is 0 Å². The van der Waals surface area contributed by atoms with E-state index in [2.05, 4.69) is 21.1 Å². The number of nitrogens with one attached hydrogen (secondary N) is 1. The molecule has 4 heteroatoms. The first-order valence-corrected chi connectivity index (χ1v) is 7.32. The van der Waals surface area contributed by atoms with E-state index < -0.39 is 0 Å². The third-order valence-electron chi connectivity index (χ3n) is 4.61. The lowest BCUT2D eigenvalue weighted by atomic mass is 9.91. The predicted octanol–water partition coefficient (Wildman–Crippen LogP) is 1.84. The zero-order valence-electron chi connectivity index (χ0n) is 11.0. The molecular weight excluding hydrogens is 224 g/mol. The molecular formula is C14H24N4. The Kier molecular flexibility index (Phi) is 3.66. The molecule has 0 radical (unpaired) electrons. The fourth-order valence-corrected chi connectivity index (χ4v) is 3.55. The Balaban J connectivity index is 1.58. The number of imidazole rings is 1. The molecule has 3 N–H and O–H groups in total. The van der Waals surface area contributed by atoms with Gasteiger partial charge in [-0.1, -0.05) is 0 Å². The molecule has 2 unspecified atom stereocenters. The summed E-state index contributed by atoms with van der Waals surface area (Å²) >= 11 is 0. The van der Waals surface area contributed by atoms with Crippen LogP contribution in [0, 0.1) is 0 Å². The van der Waals surface area contributed by atoms with Crippen LogP contribution >= 0.6 is 0 Å². The van der Waals surface area contributed by atoms with Crippen molar-refractivity contribution in [2.75, 3.05) is 0 Å². The minimum Gasteiger partial charge on any atom is -0.333 e. The molecule has 0 saturated heterocycles. The maximum atomic E-state index is 5.97. The molecule has 3 rings (SSSR count). The van der Waals surface area contributed by atoms with Gasteiger partial charge in [0, 0.05) is 36.6 Å². The smallest absolute Gasteiger partial charge is 0.0949 e. The first-order chi connectivity index (χ1) is 8.83. The minimum atomic E-state index is 0.441. The molecule has 2 aliphatic carbocycles. The highest BCUT2D eigenvalue weighted by Crippen LogP contribution is 2.31. The fourth-order valence-electron chi connectivity index (χ4n) is 3.55. The van der Waals surface area contributed by atoms with Crippen molar-refractivity contribution in [3.63, 3.8) is 0 Å². The van der Waals surface area contributed by atoms with Gasteiger partial charge in [0.1, 0.15) is 0 Å². The molecule has 0 aliphatic heterocycles. The van der Waals surface area contributed by atoms with E-state index in [4.69, 9.17) is 5.73 Å². The van der Waals surface area contributed by atoms with E-state index in [-0.39, 0.29) is 0 Å². The summed E-state index contributed by atoms with van der Waals surface area (Å²) in [5.74, 6) is 0. The van der Waals surface area contributed by atoms with Crippen LogP contribution in [0.5, 0.6) is 0 Å². The van der Waals surface area contributed by atoms with E-state index in [0.29, 0.717) is 24.2 Å². The number of hydrogen-bond donors (Lipinski definition) is 2. The second-order valence-corrected chi connectivity index (χ2v) is 5.89. The average molecular weight is 248 g/mol. The SMILES string of the molecule is NC1CCC(NC2CCCC2n2ccnc2)CC1. The summed E-state index contributed by atoms with van der Waals surface area (Å²) in [5.41, 5.74) is 5.97. The van der Waals surface area contributed by atoms with Crippen LogP contribution in [0.25, 0.3) is 0 Å². The van der Waals surface area contributed by atoms with Crippen molar-refractivity contribution < 1.29 is 0 Å². The maximum absolute atomic E-state index is 5.97. The molecule has 4 nitrogen and oxygen atoms in total. The maximum Gasteiger partial charge on any atom is 0.0949 e. The molecule has 100 valence electrons. The van der Waals surface area contributed by atoms with E-state index in [0.717, 1.165) is 0 Å². The second-order valence-electron chi connectivity index (χ2n) is 5.89. The molecule has 0 aromatic carbocycles. The molecule has 0 bridgehead atoms. The molecule has 1 aromatic heterocycles. The Hall–Kier alpha value is -0.870. The summed E-state index contributed by atoms with van der Waals surface area (Å²) in [6.45, 7) is 0. The van der Waals surface area contributed by atoms with Crippen molar-refractivity contribution in [3.8, 4) is 0 Å². The zero-order chi connectivity index (χ0) is 12.4. The van der Waals surface area contributed by atoms with Crippen LogP contribution in [-0.4, -0.2) is 27.7 Å². The van der Waals surface area contributed by atoms with Gasteiger partial charge in [0.05, 0.1) is 6.33 Å². The summed E-state index contributed by atoms with van der Waals surface area (Å²) in [7, 11) is 0. The molecule has 0 amide bonds. The molecule has 1 aromatic rings. The van der Waals surface area contributed by atoms with Crippen LogP contribution in [0.3, 0.4) is 0 Å². The summed E-state index contributed by atoms with van der Waals surface area (Å²) in [4.78, 5) is 4.18. The van der Waals surface area contributed by atoms with Crippen LogP contribution in [-0.2, 0) is 0 Å². The molecule has 1 heterocycles. The van der Waals surface area contributed by atoms with Crippen molar-refractivity contribution in [1.29, 1.82) is 0 Å². The van der Waals surface area contributed by atoms with Crippen molar-refractivity contribution in [2.45, 2.75) is 69.1 Å². The zero-order valence-corrected chi connectivity index (χ0v) is 11.0. The van der Waals surface area contributed by atoms with Crippen LogP contribution < -0.4 is 11.1 Å². The Labute approximate surface area is 109 Å². The van der Waals surface area contributed by atoms with Gasteiger partial charge in [0.2, 0.25) is 0 Å². The Morgan fingerprint density at radius 3 is 2.67 bits per heavy atom. The third-order valence-corrected chi connectivity index (χ3v) is 4.61. The largest absolute Gasteiger partial charge is 0.333 e. The summed E-state index contributed by atoms with van der Waals surface area (Å²) in [6, 6.07) is 2.34. The summed E-state index contributed by atoms with van der Waals surface area (Å²) < 4.78 is 2.28. The van der Waals surface area contributed by atoms with Crippen LogP contribution in [0.4, 0.5) is 0 Å². The highest BCUT2D eigenvalue weighted by molar-refractivity contribution is 4.94. The number of aromatic nitrogens is 2. The first-order valence-electron chi connectivity index (χ1n) is 7.32. The standard InChI is InChI=1S/C14H24N4/c15-11-4-6-12(7-5-11)17-13-2-1-3-14(13)18-9-8-16-10-18/h8-14,17H,1-7,15H2. The van der Waals surface area contributed by atoms with Gasteiger partial charge in [0.15, 0.2) is 0 Å². The first kappa shape index (κ1) is 12.2. The number of nitrogens with zero attached hydrogens (tertiary/aromatic N) is 2. The van der Waals surface area contributed by atoms with Crippen molar-refractivity contribution in [2.24, 2.45) is 5.73 Å². The monoisotopic (exact) mass is 248 g/mol. The predicted molar refractivity (Wildman–Crippen MR) is 72.3 cm³/mol. The van der Waals surface area contributed by atoms with Gasteiger partial charge in [-0.2, -0.15) is 0 Å². The van der Waals surface area contributed by atoms with E-state index in [1.165, 1.54) is 44.9 Å². The van der Waals surface area contributed by atoms with Gasteiger partial charge in [-0.05, 0) is 44.9 Å². The fraction of sp³-hybridized carbons (Fsp3) is 0.786. The van der Waals surface area contributed by atoms with Crippen LogP contribution in [0.1, 0.15) is 51.0 Å². The molecule has 18 heavy (non-hydrogen) atoms. The molecule has 2 saturated carbocycles. The highest BCUT2D eigenvalue weighted by atomic mass is 15.1. The third kappa shape index (κ3) is 2.59. The van der Waals surface area contributed by atoms with E-state index in [1.807, 2.05) is 12.5 Å². The van der Waals surface area contributed by atoms with Gasteiger partial charge < -0.3 is 15.6 Å². The molecule has 2 atom stereocenters. The second kappa shape index (κ2) is 5.41. The Bertz CT molecular complexity index is 354. The average Bonchev–Trinajstić information content (AvgIpc) is 3.02. The molecule has 2 aliphatic rings. The van der Waals surface area contributed by atoms with Gasteiger partial charge in [-0.3, -0.25) is 0 Å². The normalized spacial score (nSPS) is 36.9. The molecule has 0 spiro atoms. The lowest BCUT2D eigenvalue weighted by Gasteiger charge is -2.32. The van der Waals surface area contributed by atoms with E-state index in [9.17, 15) is 0 Å². The van der Waals surface area contributed by atoms with Crippen molar-refractivity contribution >= 4 is 0 Å². The lowest BCUT2D eigenvalue weighted by Crippen LogP contribution is -2.44. The Morgan fingerprint density at radius 2 is 1.94 bits per heavy atom. The lowest BCUT2D eigenvalue weighted by molar-refractivity contribution is 0.285. The van der Waals surface area contributed by atoms with E-state index >= 15 is 0 Å². The van der Waals surface area contributed by atoms with Crippen LogP contribution in [0.15, 0.2) is 18.7 Å². The topological polar surface area (TPSA) is 55.9 Å². The number of rotatable bonds is 3. The Morgan fingerprint density at radius 1 is 1.11 bits per heavy atom. The minimum absolute atomic E-state index is 0.441. The summed E-state index contributed by atoms with van der Waals surface area (Å²) in [5, 5.41) is 3.87. The van der Waals surface area contributed by atoms with Crippen molar-refractivity contribution in [1.82, 2.24) is 14.9 Å². The van der Waals surface area contributed by atoms with Gasteiger partial charge in [0.25, 0.3) is 0 Å². The van der Waals surface area contributed by atoms with Gasteiger partial charge in [-0.25, -0.2) is 4.98 Å². The number of hydrogen-bond acceptors (Lipinski definition) is 3. The van der Waals surface area contributed by atoms with Crippen molar-refractivity contribution in [3.05, 3.63) is 18.7 Å². The quantitative estimate of drug-likeness (QED) is 0.858. The highest BCUT2D eigenvalue weighted by Gasteiger charge is 2.30. The molecule has 2 fully saturated rings. The van der Waals surface area contributed by atoms with E-state index in [1.54, 1.807) is 0 Å². The van der Waals surface area contributed by atoms with Gasteiger partial charge >= 0.3 is 0 Å². The number of nitrogens with two attached hydrogens (primary N) is 1. The summed E-state index contributed by atoms with van der Waals surface area (Å²) in [6.07, 6.45) is 14.7. The van der Waals surface area contributed by atoms with Crippen LogP contribution in [0.2, 0.25) is 0 Å².